The van der Waals surface area contributed by atoms with Crippen molar-refractivity contribution < 1.29 is 14.3 Å². The Balaban J connectivity index is 1.29. The van der Waals surface area contributed by atoms with Crippen LogP contribution >= 0.6 is 11.3 Å². The molecule has 2 N–H and O–H groups in total. The van der Waals surface area contributed by atoms with Gasteiger partial charge in [-0.25, -0.2) is 4.79 Å². The van der Waals surface area contributed by atoms with Gasteiger partial charge in [0.1, 0.15) is 5.01 Å². The van der Waals surface area contributed by atoms with Gasteiger partial charge in [-0.05, 0) is 19.3 Å². The second kappa shape index (κ2) is 9.96. The average molecular weight is 410 g/mol. The van der Waals surface area contributed by atoms with Crippen LogP contribution in [0.1, 0.15) is 49.5 Å². The summed E-state index contributed by atoms with van der Waals surface area (Å²) in [5.41, 5.74) is 0. The summed E-state index contributed by atoms with van der Waals surface area (Å²) in [6.45, 7) is 5.51. The zero-order valence-electron chi connectivity index (χ0n) is 16.4. The molecule has 2 amide bonds. The van der Waals surface area contributed by atoms with Crippen molar-refractivity contribution in [1.82, 2.24) is 20.4 Å². The van der Waals surface area contributed by atoms with Crippen LogP contribution in [0.25, 0.3) is 0 Å². The van der Waals surface area contributed by atoms with Crippen LogP contribution in [0.2, 0.25) is 0 Å². The van der Waals surface area contributed by atoms with Gasteiger partial charge in [0.25, 0.3) is 0 Å². The molecule has 156 valence electrons. The monoisotopic (exact) mass is 409 g/mol. The number of hydrogen-bond acceptors (Lipinski definition) is 7. The van der Waals surface area contributed by atoms with Crippen molar-refractivity contribution in [1.29, 1.82) is 0 Å². The van der Waals surface area contributed by atoms with Gasteiger partial charge < -0.3 is 14.8 Å². The minimum Gasteiger partial charge on any atom is -0.381 e. The molecule has 0 bridgehead atoms. The third-order valence-corrected chi connectivity index (χ3v) is 7.11. The fourth-order valence-electron chi connectivity index (χ4n) is 4.50. The van der Waals surface area contributed by atoms with E-state index in [0.717, 1.165) is 50.9 Å². The maximum Gasteiger partial charge on any atom is 0.321 e. The first-order valence-electron chi connectivity index (χ1n) is 10.6. The Morgan fingerprint density at radius 1 is 1.11 bits per heavy atom. The molecule has 2 unspecified atom stereocenters. The summed E-state index contributed by atoms with van der Waals surface area (Å²) in [6, 6.07) is 0.0767. The molecule has 2 aliphatic heterocycles. The number of anilines is 1. The number of morpholine rings is 1. The van der Waals surface area contributed by atoms with E-state index >= 15 is 0 Å². The predicted octanol–water partition coefficient (Wildman–Crippen LogP) is 2.44. The number of carbonyl (C=O) groups excluding carboxylic acids is 1. The van der Waals surface area contributed by atoms with Crippen LogP contribution in [0, 0.1) is 5.92 Å². The molecule has 2 atom stereocenters. The number of ether oxygens (including phenoxy) is 2. The molecule has 8 nitrogen and oxygen atoms in total. The van der Waals surface area contributed by atoms with Crippen molar-refractivity contribution in [2.75, 3.05) is 51.4 Å². The molecule has 0 aromatic carbocycles. The van der Waals surface area contributed by atoms with Crippen molar-refractivity contribution in [3.05, 3.63) is 5.01 Å². The summed E-state index contributed by atoms with van der Waals surface area (Å²) in [5, 5.41) is 16.1. The highest BCUT2D eigenvalue weighted by molar-refractivity contribution is 7.15. The van der Waals surface area contributed by atoms with E-state index in [1.807, 2.05) is 0 Å². The van der Waals surface area contributed by atoms with Crippen LogP contribution in [0.3, 0.4) is 0 Å². The molecule has 3 aliphatic rings. The van der Waals surface area contributed by atoms with Crippen molar-refractivity contribution in [2.24, 2.45) is 5.92 Å². The highest BCUT2D eigenvalue weighted by Gasteiger charge is 2.31. The van der Waals surface area contributed by atoms with Gasteiger partial charge in [0.2, 0.25) is 5.13 Å². The Kier molecular flexibility index (Phi) is 7.11. The van der Waals surface area contributed by atoms with Gasteiger partial charge >= 0.3 is 6.03 Å². The first-order chi connectivity index (χ1) is 13.8. The highest BCUT2D eigenvalue weighted by atomic mass is 32.1. The van der Waals surface area contributed by atoms with E-state index in [1.165, 1.54) is 43.4 Å². The predicted molar refractivity (Wildman–Crippen MR) is 108 cm³/mol. The standard InChI is InChI=1S/C19H31N5O3S/c25-18(21-19-23-22-17(28-19)14-4-2-1-3-5-14)20-12-16(15-6-9-27-13-15)24-7-10-26-11-8-24/h14-16H,1-13H2,(H2,20,21,23,25). The Bertz CT molecular complexity index is 625. The van der Waals surface area contributed by atoms with Gasteiger partial charge in [-0.2, -0.15) is 0 Å². The smallest absolute Gasteiger partial charge is 0.321 e. The molecule has 0 spiro atoms. The van der Waals surface area contributed by atoms with Crippen molar-refractivity contribution in [3.8, 4) is 0 Å². The highest BCUT2D eigenvalue weighted by Crippen LogP contribution is 2.35. The lowest BCUT2D eigenvalue weighted by Gasteiger charge is -2.37. The molecule has 1 saturated carbocycles. The summed E-state index contributed by atoms with van der Waals surface area (Å²) in [4.78, 5) is 14.9. The summed E-state index contributed by atoms with van der Waals surface area (Å²) >= 11 is 1.51. The first kappa shape index (κ1) is 20.0. The van der Waals surface area contributed by atoms with Gasteiger partial charge in [0.05, 0.1) is 19.8 Å². The molecule has 28 heavy (non-hydrogen) atoms. The largest absolute Gasteiger partial charge is 0.381 e. The minimum absolute atomic E-state index is 0.205. The lowest BCUT2D eigenvalue weighted by atomic mass is 9.90. The average Bonchev–Trinajstić information content (AvgIpc) is 3.42. The molecular weight excluding hydrogens is 378 g/mol. The van der Waals surface area contributed by atoms with E-state index in [4.69, 9.17) is 9.47 Å². The number of nitrogens with one attached hydrogen (secondary N) is 2. The molecule has 9 heteroatoms. The zero-order chi connectivity index (χ0) is 19.2. The van der Waals surface area contributed by atoms with Crippen LogP contribution in [0.5, 0.6) is 0 Å². The Morgan fingerprint density at radius 2 is 1.93 bits per heavy atom. The number of urea groups is 1. The van der Waals surface area contributed by atoms with E-state index in [9.17, 15) is 4.79 Å². The first-order valence-corrected chi connectivity index (χ1v) is 11.4. The molecule has 2 saturated heterocycles. The summed E-state index contributed by atoms with van der Waals surface area (Å²) in [6.07, 6.45) is 7.27. The fraction of sp³-hybridized carbons (Fsp3) is 0.842. The van der Waals surface area contributed by atoms with Crippen molar-refractivity contribution in [2.45, 2.75) is 50.5 Å². The number of carbonyl (C=O) groups is 1. The third kappa shape index (κ3) is 5.20. The van der Waals surface area contributed by atoms with E-state index < -0.39 is 0 Å². The Hall–Kier alpha value is -1.29. The maximum absolute atomic E-state index is 12.4. The number of amides is 2. The van der Waals surface area contributed by atoms with E-state index in [1.54, 1.807) is 0 Å². The van der Waals surface area contributed by atoms with Gasteiger partial charge in [0.15, 0.2) is 0 Å². The SMILES string of the molecule is O=C(NCC(C1CCOC1)N1CCOCC1)Nc1nnc(C2CCCCC2)s1. The normalized spacial score (nSPS) is 25.5. The van der Waals surface area contributed by atoms with Crippen LogP contribution < -0.4 is 10.6 Å². The quantitative estimate of drug-likeness (QED) is 0.750. The summed E-state index contributed by atoms with van der Waals surface area (Å²) < 4.78 is 11.1. The summed E-state index contributed by atoms with van der Waals surface area (Å²) in [5.74, 6) is 0.968. The van der Waals surface area contributed by atoms with E-state index in [0.29, 0.717) is 23.5 Å². The number of rotatable bonds is 6. The zero-order valence-corrected chi connectivity index (χ0v) is 17.2. The summed E-state index contributed by atoms with van der Waals surface area (Å²) in [7, 11) is 0. The molecule has 0 radical (unpaired) electrons. The van der Waals surface area contributed by atoms with Gasteiger partial charge in [-0.1, -0.05) is 30.6 Å². The van der Waals surface area contributed by atoms with Gasteiger partial charge in [0, 0.05) is 44.1 Å². The third-order valence-electron chi connectivity index (χ3n) is 6.11. The maximum atomic E-state index is 12.4. The lowest BCUT2D eigenvalue weighted by molar-refractivity contribution is 0.00222. The van der Waals surface area contributed by atoms with E-state index in [2.05, 4.69) is 25.7 Å². The molecule has 1 aromatic heterocycles. The minimum atomic E-state index is -0.205. The second-order valence-electron chi connectivity index (χ2n) is 7.95. The van der Waals surface area contributed by atoms with Crippen LogP contribution in [-0.4, -0.2) is 73.2 Å². The Morgan fingerprint density at radius 3 is 2.68 bits per heavy atom. The molecule has 3 fully saturated rings. The number of hydrogen-bond donors (Lipinski definition) is 2. The van der Waals surface area contributed by atoms with Gasteiger partial charge in [-0.15, -0.1) is 10.2 Å². The molecule has 1 aromatic rings. The fourth-order valence-corrected chi connectivity index (χ4v) is 5.40. The van der Waals surface area contributed by atoms with Crippen LogP contribution in [0.4, 0.5) is 9.93 Å². The Labute approximate surface area is 170 Å². The van der Waals surface area contributed by atoms with Crippen molar-refractivity contribution >= 4 is 22.5 Å². The molecule has 3 heterocycles. The number of nitrogens with zero attached hydrogens (tertiary/aromatic N) is 3. The molecule has 4 rings (SSSR count). The second-order valence-corrected chi connectivity index (χ2v) is 8.96. The lowest BCUT2D eigenvalue weighted by Crippen LogP contribution is -2.52. The molecule has 1 aliphatic carbocycles. The van der Waals surface area contributed by atoms with E-state index in [-0.39, 0.29) is 12.1 Å². The van der Waals surface area contributed by atoms with Crippen molar-refractivity contribution in [3.63, 3.8) is 0 Å². The van der Waals surface area contributed by atoms with Crippen LogP contribution in [0.15, 0.2) is 0 Å². The van der Waals surface area contributed by atoms with Crippen LogP contribution in [-0.2, 0) is 9.47 Å². The molecular formula is C19H31N5O3S. The van der Waals surface area contributed by atoms with Gasteiger partial charge in [-0.3, -0.25) is 10.2 Å². The topological polar surface area (TPSA) is 88.6 Å². The number of aromatic nitrogens is 2.